The number of hydrogen-bond donors (Lipinski definition) is 3. The Balaban J connectivity index is 2.50. The first kappa shape index (κ1) is 12.4. The smallest absolute Gasteiger partial charge is 0.328 e. The van der Waals surface area contributed by atoms with Gasteiger partial charge in [-0.2, -0.15) is 5.26 Å². The number of benzene rings is 1. The Morgan fingerprint density at radius 2 is 2.05 bits per heavy atom. The summed E-state index contributed by atoms with van der Waals surface area (Å²) < 4.78 is 0. The monoisotopic (exact) mass is 255 g/mol. The van der Waals surface area contributed by atoms with E-state index in [2.05, 4.69) is 9.97 Å². The topological polar surface area (TPSA) is 110 Å². The molecule has 0 bridgehead atoms. The summed E-state index contributed by atoms with van der Waals surface area (Å²) in [5.41, 5.74) is 1.26. The van der Waals surface area contributed by atoms with E-state index in [0.29, 0.717) is 5.52 Å². The van der Waals surface area contributed by atoms with Gasteiger partial charge in [-0.25, -0.2) is 9.78 Å². The molecule has 19 heavy (non-hydrogen) atoms. The Kier molecular flexibility index (Phi) is 3.30. The van der Waals surface area contributed by atoms with Crippen molar-refractivity contribution in [3.8, 4) is 6.07 Å². The average Bonchev–Trinajstić information content (AvgIpc) is 2.80. The summed E-state index contributed by atoms with van der Waals surface area (Å²) in [5, 5.41) is 27.2. The fourth-order valence-corrected chi connectivity index (χ4v) is 1.54. The Hall–Kier alpha value is -3.07. The van der Waals surface area contributed by atoms with Crippen LogP contribution in [0.25, 0.3) is 16.6 Å². The largest absolute Gasteiger partial charge is 0.506 e. The van der Waals surface area contributed by atoms with Gasteiger partial charge in [0, 0.05) is 6.08 Å². The number of imidazole rings is 1. The van der Waals surface area contributed by atoms with Crippen LogP contribution >= 0.6 is 0 Å². The summed E-state index contributed by atoms with van der Waals surface area (Å²) in [7, 11) is 0. The number of carbonyl (C=O) groups is 1. The number of aliphatic hydroxyl groups excluding tert-OH is 1. The van der Waals surface area contributed by atoms with Gasteiger partial charge in [-0.15, -0.1) is 0 Å². The van der Waals surface area contributed by atoms with Crippen LogP contribution in [0.4, 0.5) is 0 Å². The normalized spacial score (nSPS) is 12.4. The SMILES string of the molecule is N#CC(=C(O)C=CC(=O)O)c1nc2ccccc2[nH]1. The lowest BCUT2D eigenvalue weighted by molar-refractivity contribution is -0.131. The number of fused-ring (bicyclic) bond motifs is 1. The highest BCUT2D eigenvalue weighted by Crippen LogP contribution is 2.18. The molecule has 94 valence electrons. The van der Waals surface area contributed by atoms with E-state index in [1.165, 1.54) is 0 Å². The lowest BCUT2D eigenvalue weighted by Gasteiger charge is -1.95. The number of nitrogens with zero attached hydrogens (tertiary/aromatic N) is 2. The quantitative estimate of drug-likeness (QED) is 0.336. The molecule has 6 nitrogen and oxygen atoms in total. The molecule has 0 aliphatic rings. The number of aromatic amines is 1. The molecule has 0 unspecified atom stereocenters. The first-order chi connectivity index (χ1) is 9.11. The summed E-state index contributed by atoms with van der Waals surface area (Å²) in [4.78, 5) is 17.4. The zero-order chi connectivity index (χ0) is 13.8. The molecule has 1 heterocycles. The Morgan fingerprint density at radius 3 is 2.68 bits per heavy atom. The first-order valence-electron chi connectivity index (χ1n) is 5.31. The fourth-order valence-electron chi connectivity index (χ4n) is 1.54. The van der Waals surface area contributed by atoms with Gasteiger partial charge in [0.25, 0.3) is 0 Å². The van der Waals surface area contributed by atoms with Crippen molar-refractivity contribution in [1.82, 2.24) is 9.97 Å². The molecule has 0 spiro atoms. The molecule has 0 aliphatic heterocycles. The molecule has 2 rings (SSSR count). The van der Waals surface area contributed by atoms with Crippen LogP contribution in [0.5, 0.6) is 0 Å². The van der Waals surface area contributed by atoms with Crippen LogP contribution in [-0.2, 0) is 4.79 Å². The van der Waals surface area contributed by atoms with E-state index in [9.17, 15) is 9.90 Å². The molecule has 1 aromatic carbocycles. The van der Waals surface area contributed by atoms with E-state index >= 15 is 0 Å². The van der Waals surface area contributed by atoms with Gasteiger partial charge < -0.3 is 15.2 Å². The van der Waals surface area contributed by atoms with E-state index in [-0.39, 0.29) is 11.4 Å². The van der Waals surface area contributed by atoms with E-state index in [4.69, 9.17) is 10.4 Å². The van der Waals surface area contributed by atoms with Gasteiger partial charge in [0.05, 0.1) is 11.0 Å². The molecule has 0 aliphatic carbocycles. The molecule has 0 saturated heterocycles. The first-order valence-corrected chi connectivity index (χ1v) is 5.31. The minimum absolute atomic E-state index is 0.117. The molecule has 0 atom stereocenters. The second kappa shape index (κ2) is 5.06. The van der Waals surface area contributed by atoms with Gasteiger partial charge >= 0.3 is 5.97 Å². The van der Waals surface area contributed by atoms with E-state index in [1.54, 1.807) is 24.3 Å². The van der Waals surface area contributed by atoms with Gasteiger partial charge in [-0.1, -0.05) is 12.1 Å². The fraction of sp³-hybridized carbons (Fsp3) is 0. The molecule has 1 aromatic heterocycles. The van der Waals surface area contributed by atoms with Crippen molar-refractivity contribution in [3.63, 3.8) is 0 Å². The number of H-pyrrole nitrogens is 1. The molecule has 0 amide bonds. The summed E-state index contributed by atoms with van der Waals surface area (Å²) >= 11 is 0. The number of nitriles is 1. The molecular weight excluding hydrogens is 246 g/mol. The zero-order valence-corrected chi connectivity index (χ0v) is 9.66. The number of aliphatic hydroxyl groups is 1. The highest BCUT2D eigenvalue weighted by molar-refractivity contribution is 5.85. The predicted octanol–water partition coefficient (Wildman–Crippen LogP) is 2.00. The Labute approximate surface area is 107 Å². The summed E-state index contributed by atoms with van der Waals surface area (Å²) in [6.07, 6.45) is 1.68. The second-order valence-electron chi connectivity index (χ2n) is 3.65. The third-order valence-corrected chi connectivity index (χ3v) is 2.38. The van der Waals surface area contributed by atoms with Gasteiger partial charge in [-0.3, -0.25) is 0 Å². The minimum Gasteiger partial charge on any atom is -0.506 e. The Morgan fingerprint density at radius 1 is 1.32 bits per heavy atom. The maximum absolute atomic E-state index is 10.4. The maximum atomic E-state index is 10.4. The summed E-state index contributed by atoms with van der Waals surface area (Å²) in [6, 6.07) is 8.94. The standard InChI is InChI=1S/C13H9N3O3/c14-7-8(11(17)5-6-12(18)19)13-15-9-3-1-2-4-10(9)16-13/h1-6,17H,(H,15,16)(H,18,19). The number of carboxylic acids is 1. The van der Waals surface area contributed by atoms with Crippen molar-refractivity contribution in [2.75, 3.05) is 0 Å². The van der Waals surface area contributed by atoms with Crippen molar-refractivity contribution in [1.29, 1.82) is 5.26 Å². The van der Waals surface area contributed by atoms with Crippen LogP contribution in [0.1, 0.15) is 5.82 Å². The molecule has 0 fully saturated rings. The highest BCUT2D eigenvalue weighted by atomic mass is 16.4. The van der Waals surface area contributed by atoms with Crippen LogP contribution in [-0.4, -0.2) is 26.2 Å². The van der Waals surface area contributed by atoms with Crippen LogP contribution in [0.2, 0.25) is 0 Å². The zero-order valence-electron chi connectivity index (χ0n) is 9.66. The molecule has 6 heteroatoms. The number of allylic oxidation sites excluding steroid dienone is 2. The molecule has 3 N–H and O–H groups in total. The third-order valence-electron chi connectivity index (χ3n) is 2.38. The number of nitrogens with one attached hydrogen (secondary N) is 1. The van der Waals surface area contributed by atoms with Crippen LogP contribution in [0.3, 0.4) is 0 Å². The minimum atomic E-state index is -1.21. The van der Waals surface area contributed by atoms with Crippen LogP contribution in [0.15, 0.2) is 42.2 Å². The number of aliphatic carboxylic acids is 1. The van der Waals surface area contributed by atoms with Crippen molar-refractivity contribution in [3.05, 3.63) is 48.0 Å². The van der Waals surface area contributed by atoms with Gasteiger partial charge in [0.2, 0.25) is 0 Å². The van der Waals surface area contributed by atoms with Crippen LogP contribution < -0.4 is 0 Å². The van der Waals surface area contributed by atoms with E-state index in [1.807, 2.05) is 6.07 Å². The average molecular weight is 255 g/mol. The number of hydrogen-bond acceptors (Lipinski definition) is 4. The molecule has 0 radical (unpaired) electrons. The van der Waals surface area contributed by atoms with Gasteiger partial charge in [-0.05, 0) is 18.2 Å². The molecule has 2 aromatic rings. The van der Waals surface area contributed by atoms with E-state index < -0.39 is 11.7 Å². The summed E-state index contributed by atoms with van der Waals surface area (Å²) in [5.74, 6) is -1.48. The Bertz CT molecular complexity index is 702. The highest BCUT2D eigenvalue weighted by Gasteiger charge is 2.11. The van der Waals surface area contributed by atoms with E-state index in [0.717, 1.165) is 17.7 Å². The summed E-state index contributed by atoms with van der Waals surface area (Å²) in [6.45, 7) is 0. The van der Waals surface area contributed by atoms with Gasteiger partial charge in [0.1, 0.15) is 17.4 Å². The van der Waals surface area contributed by atoms with Crippen molar-refractivity contribution in [2.45, 2.75) is 0 Å². The van der Waals surface area contributed by atoms with Crippen molar-refractivity contribution >= 4 is 22.6 Å². The lowest BCUT2D eigenvalue weighted by Crippen LogP contribution is -1.92. The lowest BCUT2D eigenvalue weighted by atomic mass is 10.2. The second-order valence-corrected chi connectivity index (χ2v) is 3.65. The van der Waals surface area contributed by atoms with Crippen molar-refractivity contribution in [2.24, 2.45) is 0 Å². The molecule has 0 saturated carbocycles. The number of para-hydroxylation sites is 2. The number of rotatable bonds is 3. The van der Waals surface area contributed by atoms with Crippen molar-refractivity contribution < 1.29 is 15.0 Å². The number of carboxylic acid groups (broad SMARTS) is 1. The third kappa shape index (κ3) is 2.61. The van der Waals surface area contributed by atoms with Crippen LogP contribution in [0, 0.1) is 11.3 Å². The molecular formula is C13H9N3O3. The predicted molar refractivity (Wildman–Crippen MR) is 68.0 cm³/mol. The maximum Gasteiger partial charge on any atom is 0.328 e. The van der Waals surface area contributed by atoms with Gasteiger partial charge in [0.15, 0.2) is 5.82 Å². The number of aromatic nitrogens is 2.